The highest BCUT2D eigenvalue weighted by atomic mass is 15.3. The van der Waals surface area contributed by atoms with E-state index in [1.807, 2.05) is 77.8 Å². The lowest BCUT2D eigenvalue weighted by atomic mass is 10.1. The summed E-state index contributed by atoms with van der Waals surface area (Å²) in [6.07, 6.45) is 3.91. The zero-order valence-corrected chi connectivity index (χ0v) is 14.6. The van der Waals surface area contributed by atoms with Crippen LogP contribution in [0, 0.1) is 6.92 Å². The summed E-state index contributed by atoms with van der Waals surface area (Å²) in [6, 6.07) is 28.5. The molecule has 0 aliphatic carbocycles. The Morgan fingerprint density at radius 2 is 1.46 bits per heavy atom. The number of rotatable bonds is 4. The van der Waals surface area contributed by atoms with Crippen molar-refractivity contribution in [2.24, 2.45) is 4.99 Å². The maximum absolute atomic E-state index is 4.82. The number of para-hydroxylation sites is 2. The number of benzene rings is 3. The van der Waals surface area contributed by atoms with E-state index in [1.165, 1.54) is 5.56 Å². The molecular weight excluding hydrogens is 318 g/mol. The van der Waals surface area contributed by atoms with Crippen LogP contribution >= 0.6 is 0 Å². The van der Waals surface area contributed by atoms with E-state index >= 15 is 0 Å². The fourth-order valence-electron chi connectivity index (χ4n) is 2.79. The van der Waals surface area contributed by atoms with Gasteiger partial charge < -0.3 is 0 Å². The minimum absolute atomic E-state index is 0.925. The topological polar surface area (TPSA) is 30.2 Å². The Balaban J connectivity index is 1.79. The van der Waals surface area contributed by atoms with Gasteiger partial charge in [-0.05, 0) is 31.2 Å². The molecule has 0 aliphatic heterocycles. The molecule has 1 aromatic heterocycles. The van der Waals surface area contributed by atoms with Gasteiger partial charge >= 0.3 is 0 Å². The lowest BCUT2D eigenvalue weighted by Crippen LogP contribution is -1.93. The third-order valence-corrected chi connectivity index (χ3v) is 4.20. The molecule has 0 unspecified atom stereocenters. The van der Waals surface area contributed by atoms with Crippen LogP contribution in [-0.2, 0) is 0 Å². The van der Waals surface area contributed by atoms with Crippen LogP contribution in [0.3, 0.4) is 0 Å². The first kappa shape index (κ1) is 16.0. The van der Waals surface area contributed by atoms with E-state index < -0.39 is 0 Å². The second kappa shape index (κ2) is 7.19. The fraction of sp³-hybridized carbons (Fsp3) is 0.0435. The van der Waals surface area contributed by atoms with E-state index in [1.54, 1.807) is 0 Å². The first-order valence-corrected chi connectivity index (χ1v) is 8.61. The smallest absolute Gasteiger partial charge is 0.101 e. The van der Waals surface area contributed by atoms with Crippen molar-refractivity contribution in [2.75, 3.05) is 0 Å². The molecule has 4 aromatic rings. The fourth-order valence-corrected chi connectivity index (χ4v) is 2.79. The SMILES string of the molecule is Cc1ccc(-c2nn(-c3ccccc3)cc2C=Nc2ccccc2)cc1. The van der Waals surface area contributed by atoms with Crippen LogP contribution < -0.4 is 0 Å². The normalized spacial score (nSPS) is 11.1. The van der Waals surface area contributed by atoms with Gasteiger partial charge in [0, 0.05) is 23.5 Å². The molecule has 4 rings (SSSR count). The highest BCUT2D eigenvalue weighted by Crippen LogP contribution is 2.24. The summed E-state index contributed by atoms with van der Waals surface area (Å²) in [4.78, 5) is 4.61. The van der Waals surface area contributed by atoms with Gasteiger partial charge in [0.25, 0.3) is 0 Å². The van der Waals surface area contributed by atoms with Gasteiger partial charge in [0.15, 0.2) is 0 Å². The monoisotopic (exact) mass is 337 g/mol. The molecular formula is C23H19N3. The molecule has 0 amide bonds. The molecule has 0 spiro atoms. The Morgan fingerprint density at radius 1 is 0.808 bits per heavy atom. The van der Waals surface area contributed by atoms with Crippen molar-refractivity contribution in [3.05, 3.63) is 102 Å². The molecule has 0 N–H and O–H groups in total. The van der Waals surface area contributed by atoms with Gasteiger partial charge in [-0.3, -0.25) is 4.99 Å². The minimum atomic E-state index is 0.925. The van der Waals surface area contributed by atoms with Crippen LogP contribution in [0.1, 0.15) is 11.1 Å². The molecule has 0 saturated heterocycles. The highest BCUT2D eigenvalue weighted by Gasteiger charge is 2.11. The van der Waals surface area contributed by atoms with Crippen LogP contribution in [0.5, 0.6) is 0 Å². The average molecular weight is 337 g/mol. The van der Waals surface area contributed by atoms with Gasteiger partial charge in [0.1, 0.15) is 5.69 Å². The predicted octanol–water partition coefficient (Wildman–Crippen LogP) is 5.60. The summed E-state index contributed by atoms with van der Waals surface area (Å²) in [6.45, 7) is 2.09. The largest absolute Gasteiger partial charge is 0.256 e. The molecule has 0 saturated carbocycles. The summed E-state index contributed by atoms with van der Waals surface area (Å²) in [7, 11) is 0. The van der Waals surface area contributed by atoms with Crippen molar-refractivity contribution in [3.8, 4) is 16.9 Å². The summed E-state index contributed by atoms with van der Waals surface area (Å²) >= 11 is 0. The Labute approximate surface area is 153 Å². The van der Waals surface area contributed by atoms with E-state index in [9.17, 15) is 0 Å². The van der Waals surface area contributed by atoms with Crippen molar-refractivity contribution in [2.45, 2.75) is 6.92 Å². The highest BCUT2D eigenvalue weighted by molar-refractivity contribution is 5.90. The number of aryl methyl sites for hydroxylation is 1. The van der Waals surface area contributed by atoms with Crippen molar-refractivity contribution in [1.29, 1.82) is 0 Å². The van der Waals surface area contributed by atoms with Crippen LogP contribution in [0.2, 0.25) is 0 Å². The lowest BCUT2D eigenvalue weighted by Gasteiger charge is -2.01. The summed E-state index contributed by atoms with van der Waals surface area (Å²) in [5.41, 5.74) is 6.18. The van der Waals surface area contributed by atoms with Crippen LogP contribution in [0.15, 0.2) is 96.1 Å². The molecule has 3 heteroatoms. The van der Waals surface area contributed by atoms with Gasteiger partial charge in [-0.25, -0.2) is 4.68 Å². The van der Waals surface area contributed by atoms with Gasteiger partial charge in [-0.1, -0.05) is 66.2 Å². The van der Waals surface area contributed by atoms with Gasteiger partial charge in [-0.15, -0.1) is 0 Å². The Bertz CT molecular complexity index is 1010. The Morgan fingerprint density at radius 3 is 2.15 bits per heavy atom. The molecule has 0 atom stereocenters. The van der Waals surface area contributed by atoms with Crippen LogP contribution in [-0.4, -0.2) is 16.0 Å². The number of hydrogen-bond donors (Lipinski definition) is 0. The molecule has 0 fully saturated rings. The van der Waals surface area contributed by atoms with E-state index in [4.69, 9.17) is 5.10 Å². The molecule has 26 heavy (non-hydrogen) atoms. The number of aliphatic imine (C=N–C) groups is 1. The van der Waals surface area contributed by atoms with Gasteiger partial charge in [-0.2, -0.15) is 5.10 Å². The number of hydrogen-bond acceptors (Lipinski definition) is 2. The zero-order valence-electron chi connectivity index (χ0n) is 14.6. The van der Waals surface area contributed by atoms with Crippen molar-refractivity contribution in [3.63, 3.8) is 0 Å². The summed E-state index contributed by atoms with van der Waals surface area (Å²) in [5.74, 6) is 0. The minimum Gasteiger partial charge on any atom is -0.256 e. The predicted molar refractivity (Wildman–Crippen MR) is 107 cm³/mol. The van der Waals surface area contributed by atoms with E-state index in [-0.39, 0.29) is 0 Å². The van der Waals surface area contributed by atoms with Crippen LogP contribution in [0.4, 0.5) is 5.69 Å². The molecule has 3 nitrogen and oxygen atoms in total. The molecule has 0 aliphatic rings. The third kappa shape index (κ3) is 3.47. The van der Waals surface area contributed by atoms with Crippen molar-refractivity contribution >= 4 is 11.9 Å². The van der Waals surface area contributed by atoms with Crippen LogP contribution in [0.25, 0.3) is 16.9 Å². The average Bonchev–Trinajstić information content (AvgIpc) is 3.13. The molecule has 3 aromatic carbocycles. The quantitative estimate of drug-likeness (QED) is 0.446. The van der Waals surface area contributed by atoms with Crippen molar-refractivity contribution < 1.29 is 0 Å². The molecule has 1 heterocycles. The van der Waals surface area contributed by atoms with E-state index in [0.717, 1.165) is 28.2 Å². The molecule has 0 radical (unpaired) electrons. The Hall–Kier alpha value is -3.46. The zero-order chi connectivity index (χ0) is 17.8. The summed E-state index contributed by atoms with van der Waals surface area (Å²) < 4.78 is 1.90. The lowest BCUT2D eigenvalue weighted by molar-refractivity contribution is 0.884. The third-order valence-electron chi connectivity index (χ3n) is 4.20. The Kier molecular flexibility index (Phi) is 4.44. The number of aromatic nitrogens is 2. The van der Waals surface area contributed by atoms with Gasteiger partial charge in [0.05, 0.1) is 11.4 Å². The maximum atomic E-state index is 4.82. The van der Waals surface area contributed by atoms with E-state index in [2.05, 4.69) is 36.2 Å². The standard InChI is InChI=1S/C23H19N3/c1-18-12-14-19(15-13-18)23-20(16-24-21-8-4-2-5-9-21)17-26(25-23)22-10-6-3-7-11-22/h2-17H,1H3. The van der Waals surface area contributed by atoms with Gasteiger partial charge in [0.2, 0.25) is 0 Å². The second-order valence-electron chi connectivity index (χ2n) is 6.17. The molecule has 0 bridgehead atoms. The molecule has 126 valence electrons. The first-order valence-electron chi connectivity index (χ1n) is 8.61. The first-order chi connectivity index (χ1) is 12.8. The second-order valence-corrected chi connectivity index (χ2v) is 6.17. The summed E-state index contributed by atoms with van der Waals surface area (Å²) in [5, 5.41) is 4.82. The van der Waals surface area contributed by atoms with E-state index in [0.29, 0.717) is 0 Å². The van der Waals surface area contributed by atoms with Crippen molar-refractivity contribution in [1.82, 2.24) is 9.78 Å². The number of nitrogens with zero attached hydrogens (tertiary/aromatic N) is 3. The maximum Gasteiger partial charge on any atom is 0.101 e.